The second kappa shape index (κ2) is 8.42. The topological polar surface area (TPSA) is 75.7 Å². The van der Waals surface area contributed by atoms with Gasteiger partial charge in [-0.1, -0.05) is 18.2 Å². The van der Waals surface area contributed by atoms with Crippen LogP contribution in [0.25, 0.3) is 0 Å². The molecule has 0 spiro atoms. The van der Waals surface area contributed by atoms with Gasteiger partial charge in [-0.3, -0.25) is 4.79 Å². The van der Waals surface area contributed by atoms with Gasteiger partial charge in [0, 0.05) is 18.8 Å². The number of piperidine rings is 1. The first-order valence-corrected chi connectivity index (χ1v) is 10.3. The summed E-state index contributed by atoms with van der Waals surface area (Å²) in [5, 5.41) is 2.77. The van der Waals surface area contributed by atoms with E-state index in [1.165, 1.54) is 4.31 Å². The zero-order valence-electron chi connectivity index (χ0n) is 15.2. The number of anilines is 1. The molecule has 1 N–H and O–H groups in total. The fraction of sp³-hybridized carbons (Fsp3) is 0.316. The molecule has 3 rings (SSSR count). The first-order chi connectivity index (χ1) is 13.6. The maximum atomic E-state index is 12.8. The van der Waals surface area contributed by atoms with Crippen molar-refractivity contribution in [3.05, 3.63) is 54.6 Å². The lowest BCUT2D eigenvalue weighted by atomic mass is 9.99. The SMILES string of the molecule is O=C(Nc1ccccc1)C1CCCN(S(=O)(=O)c2ccc(OC(F)(F)F)cc2)C1. The largest absolute Gasteiger partial charge is 0.573 e. The van der Waals surface area contributed by atoms with Crippen molar-refractivity contribution in [3.8, 4) is 5.75 Å². The lowest BCUT2D eigenvalue weighted by molar-refractivity contribution is -0.274. The van der Waals surface area contributed by atoms with Gasteiger partial charge in [-0.05, 0) is 49.2 Å². The van der Waals surface area contributed by atoms with Gasteiger partial charge in [-0.25, -0.2) is 8.42 Å². The summed E-state index contributed by atoms with van der Waals surface area (Å²) in [6.45, 7) is 0.236. The van der Waals surface area contributed by atoms with E-state index in [1.807, 2.05) is 6.07 Å². The fourth-order valence-electron chi connectivity index (χ4n) is 3.10. The zero-order chi connectivity index (χ0) is 21.1. The van der Waals surface area contributed by atoms with Crippen molar-refractivity contribution in [1.29, 1.82) is 0 Å². The number of carbonyl (C=O) groups is 1. The minimum Gasteiger partial charge on any atom is -0.406 e. The molecule has 1 atom stereocenters. The van der Waals surface area contributed by atoms with Crippen molar-refractivity contribution in [1.82, 2.24) is 4.31 Å². The summed E-state index contributed by atoms with van der Waals surface area (Å²) in [5.41, 5.74) is 0.623. The van der Waals surface area contributed by atoms with E-state index in [0.29, 0.717) is 18.5 Å². The second-order valence-corrected chi connectivity index (χ2v) is 8.51. The standard InChI is InChI=1S/C19H19F3N2O4S/c20-19(21,22)28-16-8-10-17(11-9-16)29(26,27)24-12-4-5-14(13-24)18(25)23-15-6-2-1-3-7-15/h1-3,6-11,14H,4-5,12-13H2,(H,23,25). The van der Waals surface area contributed by atoms with Crippen molar-refractivity contribution >= 4 is 21.6 Å². The molecule has 6 nitrogen and oxygen atoms in total. The van der Waals surface area contributed by atoms with Crippen molar-refractivity contribution in [3.63, 3.8) is 0 Å². The van der Waals surface area contributed by atoms with E-state index in [0.717, 1.165) is 24.3 Å². The summed E-state index contributed by atoms with van der Waals surface area (Å²) in [6, 6.07) is 12.9. The smallest absolute Gasteiger partial charge is 0.406 e. The number of benzene rings is 2. The van der Waals surface area contributed by atoms with Gasteiger partial charge in [0.05, 0.1) is 10.8 Å². The minimum atomic E-state index is -4.85. The average Bonchev–Trinajstić information content (AvgIpc) is 2.68. The molecule has 1 fully saturated rings. The Morgan fingerprint density at radius 2 is 1.72 bits per heavy atom. The summed E-state index contributed by atoms with van der Waals surface area (Å²) in [7, 11) is -3.95. The Morgan fingerprint density at radius 3 is 2.34 bits per heavy atom. The molecular weight excluding hydrogens is 409 g/mol. The Labute approximate surface area is 166 Å². The molecule has 1 heterocycles. The van der Waals surface area contributed by atoms with Crippen LogP contribution in [0, 0.1) is 5.92 Å². The third-order valence-electron chi connectivity index (χ3n) is 4.49. The number of amides is 1. The Kier molecular flexibility index (Phi) is 6.13. The molecule has 10 heteroatoms. The zero-order valence-corrected chi connectivity index (χ0v) is 16.0. The van der Waals surface area contributed by atoms with E-state index in [2.05, 4.69) is 10.1 Å². The molecule has 29 heavy (non-hydrogen) atoms. The van der Waals surface area contributed by atoms with Crippen LogP contribution in [0.1, 0.15) is 12.8 Å². The fourth-order valence-corrected chi connectivity index (χ4v) is 4.63. The van der Waals surface area contributed by atoms with Crippen LogP contribution in [0.5, 0.6) is 5.75 Å². The van der Waals surface area contributed by atoms with Crippen molar-refractivity contribution < 1.29 is 31.1 Å². The molecule has 0 radical (unpaired) electrons. The predicted molar refractivity (Wildman–Crippen MR) is 99.7 cm³/mol. The number of rotatable bonds is 5. The lowest BCUT2D eigenvalue weighted by Gasteiger charge is -2.31. The van der Waals surface area contributed by atoms with Crippen LogP contribution in [0.3, 0.4) is 0 Å². The number of nitrogens with zero attached hydrogens (tertiary/aromatic N) is 1. The minimum absolute atomic E-state index is 0.00179. The monoisotopic (exact) mass is 428 g/mol. The number of hydrogen-bond acceptors (Lipinski definition) is 4. The molecule has 156 valence electrons. The van der Waals surface area contributed by atoms with Crippen molar-refractivity contribution in [2.24, 2.45) is 5.92 Å². The molecule has 1 saturated heterocycles. The van der Waals surface area contributed by atoms with Crippen LogP contribution in [0.4, 0.5) is 18.9 Å². The molecule has 1 aliphatic heterocycles. The molecule has 0 aromatic heterocycles. The predicted octanol–water partition coefficient (Wildman–Crippen LogP) is 3.62. The Balaban J connectivity index is 1.69. The van der Waals surface area contributed by atoms with Gasteiger partial charge in [0.15, 0.2) is 0 Å². The van der Waals surface area contributed by atoms with Crippen LogP contribution in [-0.2, 0) is 14.8 Å². The summed E-state index contributed by atoms with van der Waals surface area (Å²) >= 11 is 0. The van der Waals surface area contributed by atoms with Gasteiger partial charge in [0.1, 0.15) is 5.75 Å². The van der Waals surface area contributed by atoms with Gasteiger partial charge in [-0.2, -0.15) is 4.31 Å². The molecule has 2 aromatic carbocycles. The molecular formula is C19H19F3N2O4S. The maximum Gasteiger partial charge on any atom is 0.573 e. The highest BCUT2D eigenvalue weighted by Crippen LogP contribution is 2.28. The van der Waals surface area contributed by atoms with Crippen LogP contribution in [-0.4, -0.2) is 38.1 Å². The number of ether oxygens (including phenoxy) is 1. The van der Waals surface area contributed by atoms with Crippen LogP contribution < -0.4 is 10.1 Å². The Morgan fingerprint density at radius 1 is 1.07 bits per heavy atom. The van der Waals surface area contributed by atoms with E-state index in [-0.39, 0.29) is 23.9 Å². The second-order valence-electron chi connectivity index (χ2n) is 6.58. The van der Waals surface area contributed by atoms with E-state index < -0.39 is 28.1 Å². The third-order valence-corrected chi connectivity index (χ3v) is 6.37. The number of sulfonamides is 1. The highest BCUT2D eigenvalue weighted by atomic mass is 32.2. The summed E-state index contributed by atoms with van der Waals surface area (Å²) in [5.74, 6) is -1.30. The van der Waals surface area contributed by atoms with Crippen molar-refractivity contribution in [2.75, 3.05) is 18.4 Å². The van der Waals surface area contributed by atoms with Crippen LogP contribution in [0.15, 0.2) is 59.5 Å². The number of carbonyl (C=O) groups excluding carboxylic acids is 1. The highest BCUT2D eigenvalue weighted by molar-refractivity contribution is 7.89. The number of hydrogen-bond donors (Lipinski definition) is 1. The first kappa shape index (κ1) is 21.1. The first-order valence-electron chi connectivity index (χ1n) is 8.87. The van der Waals surface area contributed by atoms with Gasteiger partial charge in [-0.15, -0.1) is 13.2 Å². The number of nitrogens with one attached hydrogen (secondary N) is 1. The number of halogens is 3. The lowest BCUT2D eigenvalue weighted by Crippen LogP contribution is -2.43. The molecule has 1 aliphatic rings. The maximum absolute atomic E-state index is 12.8. The molecule has 0 saturated carbocycles. The molecule has 0 bridgehead atoms. The van der Waals surface area contributed by atoms with E-state index in [4.69, 9.17) is 0 Å². The summed E-state index contributed by atoms with van der Waals surface area (Å²) in [4.78, 5) is 12.3. The number of para-hydroxylation sites is 1. The third kappa shape index (κ3) is 5.48. The van der Waals surface area contributed by atoms with Gasteiger partial charge >= 0.3 is 6.36 Å². The van der Waals surface area contributed by atoms with Gasteiger partial charge in [0.25, 0.3) is 0 Å². The number of alkyl halides is 3. The van der Waals surface area contributed by atoms with E-state index in [9.17, 15) is 26.4 Å². The molecule has 1 unspecified atom stereocenters. The Bertz CT molecular complexity index is 948. The summed E-state index contributed by atoms with van der Waals surface area (Å²) < 4.78 is 67.4. The molecule has 1 amide bonds. The average molecular weight is 428 g/mol. The van der Waals surface area contributed by atoms with Crippen molar-refractivity contribution in [2.45, 2.75) is 24.1 Å². The Hall–Kier alpha value is -2.59. The normalized spacial score (nSPS) is 18.2. The quantitative estimate of drug-likeness (QED) is 0.789. The van der Waals surface area contributed by atoms with E-state index >= 15 is 0 Å². The molecule has 0 aliphatic carbocycles. The van der Waals surface area contributed by atoms with Gasteiger partial charge < -0.3 is 10.1 Å². The van der Waals surface area contributed by atoms with Crippen LogP contribution >= 0.6 is 0 Å². The highest BCUT2D eigenvalue weighted by Gasteiger charge is 2.34. The van der Waals surface area contributed by atoms with E-state index in [1.54, 1.807) is 24.3 Å². The van der Waals surface area contributed by atoms with Crippen LogP contribution in [0.2, 0.25) is 0 Å². The summed E-state index contributed by atoms with van der Waals surface area (Å²) in [6.07, 6.45) is -3.81. The molecule has 2 aromatic rings. The van der Waals surface area contributed by atoms with Gasteiger partial charge in [0.2, 0.25) is 15.9 Å².